The lowest BCUT2D eigenvalue weighted by Crippen LogP contribution is -2.39. The molecular weight excluding hydrogens is 281 g/mol. The smallest absolute Gasteiger partial charge is 0.310 e. The molecule has 1 fully saturated rings. The summed E-state index contributed by atoms with van der Waals surface area (Å²) in [4.78, 5) is 13.9. The first-order chi connectivity index (χ1) is 9.60. The van der Waals surface area contributed by atoms with Crippen molar-refractivity contribution in [3.63, 3.8) is 0 Å². The summed E-state index contributed by atoms with van der Waals surface area (Å²) in [5.74, 6) is -0.512. The summed E-state index contributed by atoms with van der Waals surface area (Å²) in [6, 6.07) is 4.37. The summed E-state index contributed by atoms with van der Waals surface area (Å²) in [5, 5.41) is 0.560. The van der Waals surface area contributed by atoms with Crippen LogP contribution >= 0.6 is 11.6 Å². The van der Waals surface area contributed by atoms with Crippen molar-refractivity contribution in [3.8, 4) is 0 Å². The Hall–Kier alpha value is -1.13. The van der Waals surface area contributed by atoms with E-state index in [4.69, 9.17) is 16.3 Å². The SMILES string of the molecule is CCOC(=O)[C@H]1CCCN(Cc2cc(F)ccc2Cl)C1. The Morgan fingerprint density at radius 2 is 2.35 bits per heavy atom. The van der Waals surface area contributed by atoms with Gasteiger partial charge in [0, 0.05) is 18.1 Å². The first-order valence-electron chi connectivity index (χ1n) is 6.93. The molecule has 0 aromatic heterocycles. The van der Waals surface area contributed by atoms with Gasteiger partial charge in [-0.1, -0.05) is 11.6 Å². The first-order valence-corrected chi connectivity index (χ1v) is 7.31. The quantitative estimate of drug-likeness (QED) is 0.799. The Labute approximate surface area is 123 Å². The standard InChI is InChI=1S/C15H19ClFNO2/c1-2-20-15(19)11-4-3-7-18(9-11)10-12-8-13(17)5-6-14(12)16/h5-6,8,11H,2-4,7,9-10H2,1H3/t11-/m0/s1. The molecule has 1 aromatic rings. The van der Waals surface area contributed by atoms with Gasteiger partial charge in [0.15, 0.2) is 0 Å². The van der Waals surface area contributed by atoms with Crippen molar-refractivity contribution in [2.24, 2.45) is 5.92 Å². The summed E-state index contributed by atoms with van der Waals surface area (Å²) in [7, 11) is 0. The molecule has 0 N–H and O–H groups in total. The average molecular weight is 300 g/mol. The number of piperidine rings is 1. The molecule has 0 saturated carbocycles. The fourth-order valence-electron chi connectivity index (χ4n) is 2.56. The van der Waals surface area contributed by atoms with Gasteiger partial charge >= 0.3 is 5.97 Å². The molecule has 1 heterocycles. The minimum atomic E-state index is -0.289. The van der Waals surface area contributed by atoms with Gasteiger partial charge in [0.2, 0.25) is 0 Å². The monoisotopic (exact) mass is 299 g/mol. The second-order valence-corrected chi connectivity index (χ2v) is 5.47. The van der Waals surface area contributed by atoms with E-state index in [9.17, 15) is 9.18 Å². The maximum Gasteiger partial charge on any atom is 0.310 e. The number of hydrogen-bond donors (Lipinski definition) is 0. The third-order valence-corrected chi connectivity index (χ3v) is 3.90. The summed E-state index contributed by atoms with van der Waals surface area (Å²) in [6.07, 6.45) is 1.79. The van der Waals surface area contributed by atoms with Crippen molar-refractivity contribution in [1.82, 2.24) is 4.90 Å². The normalized spacial score (nSPS) is 19.9. The van der Waals surface area contributed by atoms with Crippen LogP contribution in [0.5, 0.6) is 0 Å². The number of carbonyl (C=O) groups excluding carboxylic acids is 1. The maximum atomic E-state index is 13.3. The van der Waals surface area contributed by atoms with Crippen LogP contribution in [0.3, 0.4) is 0 Å². The van der Waals surface area contributed by atoms with Gasteiger partial charge in [0.25, 0.3) is 0 Å². The Bertz CT molecular complexity index is 481. The molecule has 0 radical (unpaired) electrons. The molecule has 0 spiro atoms. The van der Waals surface area contributed by atoms with Gasteiger partial charge in [-0.2, -0.15) is 0 Å². The highest BCUT2D eigenvalue weighted by atomic mass is 35.5. The van der Waals surface area contributed by atoms with E-state index < -0.39 is 0 Å². The molecule has 5 heteroatoms. The molecule has 1 aliphatic rings. The zero-order chi connectivity index (χ0) is 14.5. The number of esters is 1. The molecule has 3 nitrogen and oxygen atoms in total. The van der Waals surface area contributed by atoms with Crippen LogP contribution in [0.25, 0.3) is 0 Å². The minimum absolute atomic E-state index is 0.0870. The van der Waals surface area contributed by atoms with Crippen LogP contribution in [0, 0.1) is 11.7 Å². The van der Waals surface area contributed by atoms with E-state index in [2.05, 4.69) is 4.90 Å². The highest BCUT2D eigenvalue weighted by molar-refractivity contribution is 6.31. The molecule has 0 amide bonds. The Balaban J connectivity index is 1.99. The van der Waals surface area contributed by atoms with E-state index in [1.54, 1.807) is 6.07 Å². The predicted octanol–water partition coefficient (Wildman–Crippen LogP) is 3.25. The lowest BCUT2D eigenvalue weighted by Gasteiger charge is -2.31. The van der Waals surface area contributed by atoms with Crippen molar-refractivity contribution in [2.45, 2.75) is 26.3 Å². The van der Waals surface area contributed by atoms with Crippen LogP contribution in [-0.4, -0.2) is 30.6 Å². The van der Waals surface area contributed by atoms with Crippen molar-refractivity contribution >= 4 is 17.6 Å². The van der Waals surface area contributed by atoms with Crippen LogP contribution in [0.1, 0.15) is 25.3 Å². The number of carbonyl (C=O) groups is 1. The van der Waals surface area contributed by atoms with E-state index in [-0.39, 0.29) is 17.7 Å². The maximum absolute atomic E-state index is 13.3. The van der Waals surface area contributed by atoms with Crippen LogP contribution in [0.15, 0.2) is 18.2 Å². The van der Waals surface area contributed by atoms with Crippen molar-refractivity contribution in [3.05, 3.63) is 34.6 Å². The third-order valence-electron chi connectivity index (χ3n) is 3.53. The fourth-order valence-corrected chi connectivity index (χ4v) is 2.73. The summed E-state index contributed by atoms with van der Waals surface area (Å²) >= 11 is 6.08. The lowest BCUT2D eigenvalue weighted by molar-refractivity contribution is -0.150. The number of likely N-dealkylation sites (tertiary alicyclic amines) is 1. The number of ether oxygens (including phenoxy) is 1. The molecule has 20 heavy (non-hydrogen) atoms. The number of rotatable bonds is 4. The molecule has 1 atom stereocenters. The van der Waals surface area contributed by atoms with E-state index in [1.165, 1.54) is 12.1 Å². The molecule has 1 aromatic carbocycles. The van der Waals surface area contributed by atoms with E-state index in [1.807, 2.05) is 6.92 Å². The van der Waals surface area contributed by atoms with Gasteiger partial charge < -0.3 is 4.74 Å². The highest BCUT2D eigenvalue weighted by Gasteiger charge is 2.27. The van der Waals surface area contributed by atoms with Crippen LogP contribution < -0.4 is 0 Å². The molecule has 0 bridgehead atoms. The molecule has 1 saturated heterocycles. The number of benzene rings is 1. The van der Waals surface area contributed by atoms with Crippen molar-refractivity contribution < 1.29 is 13.9 Å². The van der Waals surface area contributed by atoms with Gasteiger partial charge in [0.05, 0.1) is 12.5 Å². The van der Waals surface area contributed by atoms with Gasteiger partial charge in [-0.15, -0.1) is 0 Å². The first kappa shape index (κ1) is 15.3. The predicted molar refractivity (Wildman–Crippen MR) is 76.0 cm³/mol. The topological polar surface area (TPSA) is 29.5 Å². The van der Waals surface area contributed by atoms with E-state index in [0.29, 0.717) is 24.7 Å². The number of halogens is 2. The van der Waals surface area contributed by atoms with E-state index in [0.717, 1.165) is 24.9 Å². The van der Waals surface area contributed by atoms with Crippen LogP contribution in [0.2, 0.25) is 5.02 Å². The molecule has 0 aliphatic carbocycles. The molecule has 110 valence electrons. The fraction of sp³-hybridized carbons (Fsp3) is 0.533. The van der Waals surface area contributed by atoms with Crippen molar-refractivity contribution in [1.29, 1.82) is 0 Å². The average Bonchev–Trinajstić information content (AvgIpc) is 2.43. The zero-order valence-electron chi connectivity index (χ0n) is 11.6. The molecular formula is C15H19ClFNO2. The summed E-state index contributed by atoms with van der Waals surface area (Å²) in [5.41, 5.74) is 0.760. The minimum Gasteiger partial charge on any atom is -0.466 e. The molecule has 1 aliphatic heterocycles. The Kier molecular flexibility index (Phi) is 5.38. The van der Waals surface area contributed by atoms with Gasteiger partial charge in [-0.05, 0) is 50.1 Å². The summed E-state index contributed by atoms with van der Waals surface area (Å²) < 4.78 is 18.3. The summed E-state index contributed by atoms with van der Waals surface area (Å²) in [6.45, 7) is 4.32. The Morgan fingerprint density at radius 3 is 3.10 bits per heavy atom. The third kappa shape index (κ3) is 3.93. The number of hydrogen-bond acceptors (Lipinski definition) is 3. The molecule has 0 unspecified atom stereocenters. The van der Waals surface area contributed by atoms with Crippen molar-refractivity contribution in [2.75, 3.05) is 19.7 Å². The van der Waals surface area contributed by atoms with Crippen LogP contribution in [-0.2, 0) is 16.1 Å². The zero-order valence-corrected chi connectivity index (χ0v) is 12.3. The number of nitrogens with zero attached hydrogens (tertiary/aromatic N) is 1. The van der Waals surface area contributed by atoms with Crippen LogP contribution in [0.4, 0.5) is 4.39 Å². The van der Waals surface area contributed by atoms with E-state index >= 15 is 0 Å². The second kappa shape index (κ2) is 7.04. The van der Waals surface area contributed by atoms with Gasteiger partial charge in [0.1, 0.15) is 5.82 Å². The Morgan fingerprint density at radius 1 is 1.55 bits per heavy atom. The van der Waals surface area contributed by atoms with Gasteiger partial charge in [-0.3, -0.25) is 9.69 Å². The molecule has 2 rings (SSSR count). The highest BCUT2D eigenvalue weighted by Crippen LogP contribution is 2.23. The second-order valence-electron chi connectivity index (χ2n) is 5.06. The largest absolute Gasteiger partial charge is 0.466 e. The lowest BCUT2D eigenvalue weighted by atomic mass is 9.97. The van der Waals surface area contributed by atoms with Gasteiger partial charge in [-0.25, -0.2) is 4.39 Å².